The summed E-state index contributed by atoms with van der Waals surface area (Å²) in [5.74, 6) is 1.97. The molecule has 0 unspecified atom stereocenters. The Kier molecular flexibility index (Phi) is 3.72. The van der Waals surface area contributed by atoms with Gasteiger partial charge in [0.2, 0.25) is 0 Å². The minimum Gasteiger partial charge on any atom is -0.357 e. The first-order valence-electron chi connectivity index (χ1n) is 6.09. The topological polar surface area (TPSA) is 55.0 Å². The van der Waals surface area contributed by atoms with Crippen molar-refractivity contribution >= 4 is 5.82 Å². The number of nitrogens with zero attached hydrogens (tertiary/aromatic N) is 3. The SMILES string of the molecule is Cc1nc(CCCN)cc(N2CCCC2)n1. The van der Waals surface area contributed by atoms with E-state index in [-0.39, 0.29) is 0 Å². The Morgan fingerprint density at radius 1 is 1.31 bits per heavy atom. The predicted octanol–water partition coefficient (Wildman–Crippen LogP) is 1.28. The Hall–Kier alpha value is -1.16. The third-order valence-corrected chi connectivity index (χ3v) is 2.94. The number of aromatic nitrogens is 2. The van der Waals surface area contributed by atoms with Gasteiger partial charge in [-0.3, -0.25) is 0 Å². The molecule has 0 radical (unpaired) electrons. The van der Waals surface area contributed by atoms with E-state index in [0.717, 1.165) is 49.8 Å². The van der Waals surface area contributed by atoms with Crippen LogP contribution in [0.15, 0.2) is 6.07 Å². The quantitative estimate of drug-likeness (QED) is 0.830. The third kappa shape index (κ3) is 2.70. The Morgan fingerprint density at radius 3 is 2.75 bits per heavy atom. The molecule has 0 aromatic carbocycles. The fourth-order valence-electron chi connectivity index (χ4n) is 2.13. The van der Waals surface area contributed by atoms with Gasteiger partial charge in [-0.05, 0) is 39.2 Å². The zero-order valence-corrected chi connectivity index (χ0v) is 9.95. The number of hydrogen-bond donors (Lipinski definition) is 1. The molecule has 1 saturated heterocycles. The molecule has 4 heteroatoms. The second-order valence-corrected chi connectivity index (χ2v) is 4.35. The molecule has 0 spiro atoms. The fourth-order valence-corrected chi connectivity index (χ4v) is 2.13. The van der Waals surface area contributed by atoms with Gasteiger partial charge in [-0.2, -0.15) is 0 Å². The van der Waals surface area contributed by atoms with E-state index in [1.807, 2.05) is 6.92 Å². The Balaban J connectivity index is 2.14. The van der Waals surface area contributed by atoms with Crippen molar-refractivity contribution in [3.8, 4) is 0 Å². The molecule has 2 N–H and O–H groups in total. The van der Waals surface area contributed by atoms with E-state index in [1.54, 1.807) is 0 Å². The van der Waals surface area contributed by atoms with Crippen LogP contribution in [-0.2, 0) is 6.42 Å². The van der Waals surface area contributed by atoms with Crippen molar-refractivity contribution in [2.75, 3.05) is 24.5 Å². The molecule has 1 fully saturated rings. The van der Waals surface area contributed by atoms with Crippen molar-refractivity contribution in [3.63, 3.8) is 0 Å². The minimum absolute atomic E-state index is 0.724. The lowest BCUT2D eigenvalue weighted by Crippen LogP contribution is -2.20. The first-order chi connectivity index (χ1) is 7.79. The highest BCUT2D eigenvalue weighted by Crippen LogP contribution is 2.18. The summed E-state index contributed by atoms with van der Waals surface area (Å²) in [5.41, 5.74) is 6.65. The Bertz CT molecular complexity index is 345. The predicted molar refractivity (Wildman–Crippen MR) is 65.6 cm³/mol. The van der Waals surface area contributed by atoms with Gasteiger partial charge in [0.25, 0.3) is 0 Å². The second kappa shape index (κ2) is 5.25. The van der Waals surface area contributed by atoms with Crippen LogP contribution in [0.2, 0.25) is 0 Å². The van der Waals surface area contributed by atoms with Gasteiger partial charge in [0.05, 0.1) is 0 Å². The molecule has 88 valence electrons. The summed E-state index contributed by atoms with van der Waals surface area (Å²) in [5, 5.41) is 0. The summed E-state index contributed by atoms with van der Waals surface area (Å²) in [6.07, 6.45) is 4.51. The van der Waals surface area contributed by atoms with Crippen LogP contribution >= 0.6 is 0 Å². The standard InChI is InChI=1S/C12H20N4/c1-10-14-11(5-4-6-13)9-12(15-10)16-7-2-3-8-16/h9H,2-8,13H2,1H3. The zero-order chi connectivity index (χ0) is 11.4. The average molecular weight is 220 g/mol. The molecule has 1 aliphatic rings. The van der Waals surface area contributed by atoms with Crippen molar-refractivity contribution in [1.29, 1.82) is 0 Å². The number of hydrogen-bond acceptors (Lipinski definition) is 4. The molecular weight excluding hydrogens is 200 g/mol. The fraction of sp³-hybridized carbons (Fsp3) is 0.667. The van der Waals surface area contributed by atoms with E-state index in [1.165, 1.54) is 12.8 Å². The van der Waals surface area contributed by atoms with E-state index >= 15 is 0 Å². The van der Waals surface area contributed by atoms with Gasteiger partial charge in [-0.15, -0.1) is 0 Å². The smallest absolute Gasteiger partial charge is 0.132 e. The Morgan fingerprint density at radius 2 is 2.06 bits per heavy atom. The second-order valence-electron chi connectivity index (χ2n) is 4.35. The maximum absolute atomic E-state index is 5.52. The van der Waals surface area contributed by atoms with Gasteiger partial charge in [-0.25, -0.2) is 9.97 Å². The lowest BCUT2D eigenvalue weighted by Gasteiger charge is -2.17. The first-order valence-corrected chi connectivity index (χ1v) is 6.09. The molecule has 1 aromatic heterocycles. The maximum Gasteiger partial charge on any atom is 0.132 e. The van der Waals surface area contributed by atoms with E-state index in [0.29, 0.717) is 0 Å². The van der Waals surface area contributed by atoms with Crippen LogP contribution in [-0.4, -0.2) is 29.6 Å². The number of rotatable bonds is 4. The van der Waals surface area contributed by atoms with Gasteiger partial charge >= 0.3 is 0 Å². The summed E-state index contributed by atoms with van der Waals surface area (Å²) in [4.78, 5) is 11.3. The highest BCUT2D eigenvalue weighted by molar-refractivity contribution is 5.40. The lowest BCUT2D eigenvalue weighted by molar-refractivity contribution is 0.792. The molecule has 0 saturated carbocycles. The van der Waals surface area contributed by atoms with Crippen LogP contribution < -0.4 is 10.6 Å². The van der Waals surface area contributed by atoms with Crippen LogP contribution in [0.25, 0.3) is 0 Å². The lowest BCUT2D eigenvalue weighted by atomic mass is 10.2. The first kappa shape index (κ1) is 11.3. The summed E-state index contributed by atoms with van der Waals surface area (Å²) in [6, 6.07) is 2.12. The molecule has 0 bridgehead atoms. The van der Waals surface area contributed by atoms with Crippen molar-refractivity contribution < 1.29 is 0 Å². The normalized spacial score (nSPS) is 15.8. The van der Waals surface area contributed by atoms with Gasteiger partial charge in [0.1, 0.15) is 11.6 Å². The number of anilines is 1. The zero-order valence-electron chi connectivity index (χ0n) is 9.95. The average Bonchev–Trinajstić information content (AvgIpc) is 2.79. The third-order valence-electron chi connectivity index (χ3n) is 2.94. The van der Waals surface area contributed by atoms with Crippen LogP contribution in [0.4, 0.5) is 5.82 Å². The molecule has 2 rings (SSSR count). The molecule has 0 amide bonds. The minimum atomic E-state index is 0.724. The molecule has 0 atom stereocenters. The summed E-state index contributed by atoms with van der Waals surface area (Å²) < 4.78 is 0. The summed E-state index contributed by atoms with van der Waals surface area (Å²) in [6.45, 7) is 4.95. The van der Waals surface area contributed by atoms with Gasteiger partial charge in [0, 0.05) is 24.8 Å². The van der Waals surface area contributed by atoms with Crippen LogP contribution in [0.5, 0.6) is 0 Å². The van der Waals surface area contributed by atoms with Crippen molar-refractivity contribution in [3.05, 3.63) is 17.6 Å². The van der Waals surface area contributed by atoms with Crippen molar-refractivity contribution in [1.82, 2.24) is 9.97 Å². The molecule has 0 aliphatic carbocycles. The summed E-state index contributed by atoms with van der Waals surface area (Å²) >= 11 is 0. The van der Waals surface area contributed by atoms with Crippen LogP contribution in [0.1, 0.15) is 30.8 Å². The summed E-state index contributed by atoms with van der Waals surface area (Å²) in [7, 11) is 0. The van der Waals surface area contributed by atoms with Crippen molar-refractivity contribution in [2.24, 2.45) is 5.73 Å². The van der Waals surface area contributed by atoms with Crippen LogP contribution in [0, 0.1) is 6.92 Å². The molecule has 1 aromatic rings. The van der Waals surface area contributed by atoms with Crippen LogP contribution in [0.3, 0.4) is 0 Å². The van der Waals surface area contributed by atoms with Gasteiger partial charge in [0.15, 0.2) is 0 Å². The molecule has 2 heterocycles. The number of aryl methyl sites for hydroxylation is 2. The number of nitrogens with two attached hydrogens (primary N) is 1. The monoisotopic (exact) mass is 220 g/mol. The largest absolute Gasteiger partial charge is 0.357 e. The van der Waals surface area contributed by atoms with Gasteiger partial charge in [-0.1, -0.05) is 0 Å². The molecule has 4 nitrogen and oxygen atoms in total. The Labute approximate surface area is 96.9 Å². The van der Waals surface area contributed by atoms with Gasteiger partial charge < -0.3 is 10.6 Å². The van der Waals surface area contributed by atoms with E-state index in [4.69, 9.17) is 5.73 Å². The van der Waals surface area contributed by atoms with E-state index in [2.05, 4.69) is 20.9 Å². The van der Waals surface area contributed by atoms with E-state index < -0.39 is 0 Å². The van der Waals surface area contributed by atoms with Crippen molar-refractivity contribution in [2.45, 2.75) is 32.6 Å². The maximum atomic E-state index is 5.52. The molecule has 1 aliphatic heterocycles. The molecule has 16 heavy (non-hydrogen) atoms. The van der Waals surface area contributed by atoms with E-state index in [9.17, 15) is 0 Å². The molecular formula is C12H20N4. The highest BCUT2D eigenvalue weighted by Gasteiger charge is 2.14. The highest BCUT2D eigenvalue weighted by atomic mass is 15.2.